The molecule has 0 bridgehead atoms. The predicted octanol–water partition coefficient (Wildman–Crippen LogP) is 4.19. The molecule has 4 rings (SSSR count). The molecule has 3 N–H and O–H groups in total. The standard InChI is InChI=1S/C24H26N4O3/c1-14-22-20(12-24(2,3)13-21(22)29)28(27-14)16-7-10-18(23(25)30)19(11-16)26-15-5-8-17(31-4)9-6-15/h5-11,26H,12-13H2,1-4H3,(H2,25,30). The number of amides is 1. The van der Waals surface area contributed by atoms with Crippen LogP contribution in [0.15, 0.2) is 42.5 Å². The van der Waals surface area contributed by atoms with Crippen LogP contribution in [0.3, 0.4) is 0 Å². The third-order valence-corrected chi connectivity index (χ3v) is 5.60. The van der Waals surface area contributed by atoms with Crippen LogP contribution in [-0.2, 0) is 6.42 Å². The topological polar surface area (TPSA) is 99.2 Å². The first-order chi connectivity index (χ1) is 14.7. The van der Waals surface area contributed by atoms with Crippen LogP contribution in [0.2, 0.25) is 0 Å². The summed E-state index contributed by atoms with van der Waals surface area (Å²) in [5.41, 5.74) is 10.3. The van der Waals surface area contributed by atoms with Crippen LogP contribution in [-0.4, -0.2) is 28.6 Å². The lowest BCUT2D eigenvalue weighted by Crippen LogP contribution is -2.28. The van der Waals surface area contributed by atoms with E-state index in [9.17, 15) is 9.59 Å². The predicted molar refractivity (Wildman–Crippen MR) is 120 cm³/mol. The molecule has 7 nitrogen and oxygen atoms in total. The fourth-order valence-electron chi connectivity index (χ4n) is 4.17. The number of hydrogen-bond donors (Lipinski definition) is 2. The number of benzene rings is 2. The summed E-state index contributed by atoms with van der Waals surface area (Å²) < 4.78 is 7.01. The van der Waals surface area contributed by atoms with Crippen LogP contribution >= 0.6 is 0 Å². The minimum Gasteiger partial charge on any atom is -0.497 e. The minimum absolute atomic E-state index is 0.125. The number of nitrogens with one attached hydrogen (secondary N) is 1. The molecule has 2 aromatic carbocycles. The van der Waals surface area contributed by atoms with Gasteiger partial charge in [0.05, 0.1) is 41.0 Å². The quantitative estimate of drug-likeness (QED) is 0.647. The lowest BCUT2D eigenvalue weighted by atomic mass is 9.75. The Balaban J connectivity index is 1.79. The molecule has 1 aliphatic rings. The zero-order valence-corrected chi connectivity index (χ0v) is 18.2. The van der Waals surface area contributed by atoms with Crippen LogP contribution in [0.1, 0.15) is 52.4 Å². The minimum atomic E-state index is -0.530. The van der Waals surface area contributed by atoms with Gasteiger partial charge in [0.25, 0.3) is 5.91 Å². The lowest BCUT2D eigenvalue weighted by molar-refractivity contribution is 0.0909. The summed E-state index contributed by atoms with van der Waals surface area (Å²) in [6.45, 7) is 6.04. The summed E-state index contributed by atoms with van der Waals surface area (Å²) in [6, 6.07) is 12.7. The van der Waals surface area contributed by atoms with Gasteiger partial charge in [-0.05, 0) is 61.2 Å². The average molecular weight is 418 g/mol. The fourth-order valence-corrected chi connectivity index (χ4v) is 4.17. The molecule has 0 fully saturated rings. The second-order valence-electron chi connectivity index (χ2n) is 8.71. The molecular formula is C24H26N4O3. The smallest absolute Gasteiger partial charge is 0.250 e. The van der Waals surface area contributed by atoms with Crippen LogP contribution in [0.4, 0.5) is 11.4 Å². The van der Waals surface area contributed by atoms with Crippen molar-refractivity contribution in [1.29, 1.82) is 0 Å². The summed E-state index contributed by atoms with van der Waals surface area (Å²) >= 11 is 0. The largest absolute Gasteiger partial charge is 0.497 e. The first kappa shape index (κ1) is 20.7. The van der Waals surface area contributed by atoms with Crippen LogP contribution in [0.25, 0.3) is 5.69 Å². The summed E-state index contributed by atoms with van der Waals surface area (Å²) in [5, 5.41) is 7.92. The number of ether oxygens (including phenoxy) is 1. The Morgan fingerprint density at radius 3 is 2.52 bits per heavy atom. The van der Waals surface area contributed by atoms with Gasteiger partial charge in [0.2, 0.25) is 0 Å². The van der Waals surface area contributed by atoms with Crippen LogP contribution < -0.4 is 15.8 Å². The van der Waals surface area contributed by atoms with E-state index in [1.807, 2.05) is 41.9 Å². The first-order valence-corrected chi connectivity index (χ1v) is 10.2. The third-order valence-electron chi connectivity index (χ3n) is 5.60. The van der Waals surface area contributed by atoms with Crippen molar-refractivity contribution in [3.8, 4) is 11.4 Å². The van der Waals surface area contributed by atoms with Gasteiger partial charge in [-0.2, -0.15) is 5.10 Å². The fraction of sp³-hybridized carbons (Fsp3) is 0.292. The molecule has 31 heavy (non-hydrogen) atoms. The second kappa shape index (κ2) is 7.58. The Bertz CT molecular complexity index is 1180. The highest BCUT2D eigenvalue weighted by atomic mass is 16.5. The van der Waals surface area contributed by atoms with Gasteiger partial charge in [0, 0.05) is 12.1 Å². The van der Waals surface area contributed by atoms with E-state index in [1.54, 1.807) is 19.2 Å². The number of Topliss-reactive ketones (excluding diaryl/α,β-unsaturated/α-hetero) is 1. The van der Waals surface area contributed by atoms with Crippen molar-refractivity contribution in [3.05, 3.63) is 65.0 Å². The Hall–Kier alpha value is -3.61. The Morgan fingerprint density at radius 2 is 1.87 bits per heavy atom. The molecule has 0 aliphatic heterocycles. The van der Waals surface area contributed by atoms with Crippen molar-refractivity contribution in [3.63, 3.8) is 0 Å². The van der Waals surface area contributed by atoms with Crippen molar-refractivity contribution >= 4 is 23.1 Å². The molecule has 1 aliphatic carbocycles. The second-order valence-corrected chi connectivity index (χ2v) is 8.71. The molecule has 0 saturated heterocycles. The summed E-state index contributed by atoms with van der Waals surface area (Å²) in [6.07, 6.45) is 1.26. The lowest BCUT2D eigenvalue weighted by Gasteiger charge is -2.29. The van der Waals surface area contributed by atoms with Crippen molar-refractivity contribution in [2.75, 3.05) is 12.4 Å². The number of aryl methyl sites for hydroxylation is 1. The van der Waals surface area contributed by atoms with Gasteiger partial charge in [0.15, 0.2) is 5.78 Å². The van der Waals surface area contributed by atoms with Crippen molar-refractivity contribution in [2.24, 2.45) is 11.1 Å². The maximum absolute atomic E-state index is 12.7. The number of carbonyl (C=O) groups excluding carboxylic acids is 2. The molecule has 1 amide bonds. The Labute approximate surface area is 181 Å². The Morgan fingerprint density at radius 1 is 1.16 bits per heavy atom. The number of hydrogen-bond acceptors (Lipinski definition) is 5. The van der Waals surface area contributed by atoms with Gasteiger partial charge < -0.3 is 15.8 Å². The van der Waals surface area contributed by atoms with E-state index in [4.69, 9.17) is 10.5 Å². The van der Waals surface area contributed by atoms with Gasteiger partial charge in [-0.1, -0.05) is 13.8 Å². The average Bonchev–Trinajstić information content (AvgIpc) is 3.03. The van der Waals surface area contributed by atoms with Gasteiger partial charge in [-0.3, -0.25) is 9.59 Å². The molecule has 3 aromatic rings. The van der Waals surface area contributed by atoms with Crippen LogP contribution in [0.5, 0.6) is 5.75 Å². The molecule has 7 heteroatoms. The number of ketones is 1. The van der Waals surface area contributed by atoms with Gasteiger partial charge in [-0.15, -0.1) is 0 Å². The number of carbonyl (C=O) groups is 2. The highest BCUT2D eigenvalue weighted by molar-refractivity contribution is 6.01. The number of fused-ring (bicyclic) bond motifs is 1. The highest BCUT2D eigenvalue weighted by Crippen LogP contribution is 2.37. The molecular weight excluding hydrogens is 392 g/mol. The van der Waals surface area contributed by atoms with E-state index >= 15 is 0 Å². The normalized spacial score (nSPS) is 14.8. The summed E-state index contributed by atoms with van der Waals surface area (Å²) in [7, 11) is 1.61. The van der Waals surface area contributed by atoms with Crippen molar-refractivity contribution < 1.29 is 14.3 Å². The zero-order chi connectivity index (χ0) is 22.3. The zero-order valence-electron chi connectivity index (χ0n) is 18.2. The number of aromatic nitrogens is 2. The van der Waals surface area contributed by atoms with E-state index in [1.165, 1.54) is 0 Å². The molecule has 0 atom stereocenters. The monoisotopic (exact) mass is 418 g/mol. The molecule has 160 valence electrons. The van der Waals surface area contributed by atoms with Crippen molar-refractivity contribution in [1.82, 2.24) is 9.78 Å². The Kier molecular flexibility index (Phi) is 5.05. The maximum Gasteiger partial charge on any atom is 0.250 e. The first-order valence-electron chi connectivity index (χ1n) is 10.2. The van der Waals surface area contributed by atoms with Crippen molar-refractivity contribution in [2.45, 2.75) is 33.6 Å². The molecule has 1 aromatic heterocycles. The summed E-state index contributed by atoms with van der Waals surface area (Å²) in [4.78, 5) is 24.8. The number of methoxy groups -OCH3 is 1. The molecule has 0 saturated carbocycles. The van der Waals surface area contributed by atoms with E-state index in [2.05, 4.69) is 24.3 Å². The number of anilines is 2. The van der Waals surface area contributed by atoms with E-state index < -0.39 is 5.91 Å². The van der Waals surface area contributed by atoms with Crippen LogP contribution in [0, 0.1) is 12.3 Å². The summed E-state index contributed by atoms with van der Waals surface area (Å²) in [5.74, 6) is 0.332. The van der Waals surface area contributed by atoms with Gasteiger partial charge in [0.1, 0.15) is 5.75 Å². The van der Waals surface area contributed by atoms with Gasteiger partial charge >= 0.3 is 0 Å². The molecule has 1 heterocycles. The number of rotatable bonds is 5. The van der Waals surface area contributed by atoms with E-state index in [0.29, 0.717) is 23.2 Å². The number of primary amides is 1. The van der Waals surface area contributed by atoms with Gasteiger partial charge in [-0.25, -0.2) is 4.68 Å². The molecule has 0 unspecified atom stereocenters. The third kappa shape index (κ3) is 3.91. The maximum atomic E-state index is 12.7. The molecule has 0 radical (unpaired) electrons. The molecule has 0 spiro atoms. The SMILES string of the molecule is COc1ccc(Nc2cc(-n3nc(C)c4c3CC(C)(C)CC4=O)ccc2C(N)=O)cc1. The van der Waals surface area contributed by atoms with E-state index in [0.717, 1.165) is 34.9 Å². The van der Waals surface area contributed by atoms with E-state index in [-0.39, 0.29) is 11.2 Å². The number of nitrogens with zero attached hydrogens (tertiary/aromatic N) is 2. The number of nitrogens with two attached hydrogens (primary N) is 1. The highest BCUT2D eigenvalue weighted by Gasteiger charge is 2.35.